The molecule has 0 atom stereocenters. The van der Waals surface area contributed by atoms with Gasteiger partial charge in [-0.2, -0.15) is 0 Å². The van der Waals surface area contributed by atoms with Crippen molar-refractivity contribution in [2.75, 3.05) is 4.90 Å². The number of halogens is 1. The molecule has 2 amide bonds. The van der Waals surface area contributed by atoms with E-state index >= 15 is 0 Å². The van der Waals surface area contributed by atoms with Gasteiger partial charge in [0.05, 0.1) is 22.4 Å². The van der Waals surface area contributed by atoms with Crippen LogP contribution in [0.15, 0.2) is 66.7 Å². The molecule has 6 heteroatoms. The summed E-state index contributed by atoms with van der Waals surface area (Å²) in [5.74, 6) is -1.82. The average Bonchev–Trinajstić information content (AvgIpc) is 2.94. The van der Waals surface area contributed by atoms with Crippen LogP contribution in [-0.2, 0) is 6.42 Å². The minimum atomic E-state index is -1.07. The Kier molecular flexibility index (Phi) is 4.45. The second kappa shape index (κ2) is 6.94. The van der Waals surface area contributed by atoms with Crippen LogP contribution in [0.2, 0.25) is 5.02 Å². The highest BCUT2D eigenvalue weighted by Crippen LogP contribution is 2.30. The second-order valence-electron chi connectivity index (χ2n) is 6.44. The molecule has 1 heterocycles. The number of para-hydroxylation sites is 1. The molecule has 0 aliphatic carbocycles. The van der Waals surface area contributed by atoms with Crippen LogP contribution < -0.4 is 4.90 Å². The number of fused-ring (bicyclic) bond motifs is 1. The van der Waals surface area contributed by atoms with E-state index in [4.69, 9.17) is 11.6 Å². The third-order valence-electron chi connectivity index (χ3n) is 4.66. The summed E-state index contributed by atoms with van der Waals surface area (Å²) in [5, 5.41) is 9.74. The molecule has 1 N–H and O–H groups in total. The number of nitrogens with zero attached hydrogens (tertiary/aromatic N) is 1. The van der Waals surface area contributed by atoms with Crippen LogP contribution in [0.5, 0.6) is 0 Å². The van der Waals surface area contributed by atoms with Gasteiger partial charge in [0.1, 0.15) is 0 Å². The van der Waals surface area contributed by atoms with Crippen molar-refractivity contribution in [1.82, 2.24) is 0 Å². The summed E-state index contributed by atoms with van der Waals surface area (Å²) in [6.45, 7) is 0. The highest BCUT2D eigenvalue weighted by atomic mass is 35.5. The number of benzene rings is 3. The summed E-state index contributed by atoms with van der Waals surface area (Å²) in [6.07, 6.45) is 0.304. The first-order chi connectivity index (χ1) is 13.5. The van der Waals surface area contributed by atoms with Crippen LogP contribution in [0.1, 0.15) is 42.2 Å². The molecule has 0 aromatic heterocycles. The molecular weight excluding hydrogens is 378 g/mol. The molecule has 0 radical (unpaired) electrons. The number of rotatable bonds is 4. The minimum Gasteiger partial charge on any atom is -0.478 e. The van der Waals surface area contributed by atoms with E-state index in [9.17, 15) is 19.5 Å². The van der Waals surface area contributed by atoms with Gasteiger partial charge in [0.15, 0.2) is 0 Å². The summed E-state index contributed by atoms with van der Waals surface area (Å²) >= 11 is 5.90. The van der Waals surface area contributed by atoms with Crippen molar-refractivity contribution in [3.8, 4) is 0 Å². The molecule has 1 aliphatic heterocycles. The highest BCUT2D eigenvalue weighted by molar-refractivity contribution is 6.34. The summed E-state index contributed by atoms with van der Waals surface area (Å²) in [4.78, 5) is 38.1. The Balaban J connectivity index is 1.69. The molecule has 28 heavy (non-hydrogen) atoms. The Bertz CT molecular complexity index is 1120. The predicted octanol–water partition coefficient (Wildman–Crippen LogP) is 4.43. The largest absolute Gasteiger partial charge is 0.478 e. The second-order valence-corrected chi connectivity index (χ2v) is 6.88. The third kappa shape index (κ3) is 3.06. The van der Waals surface area contributed by atoms with Crippen molar-refractivity contribution >= 4 is 35.1 Å². The number of carbonyl (C=O) groups is 3. The molecule has 0 unspecified atom stereocenters. The van der Waals surface area contributed by atoms with Crippen LogP contribution in [0.4, 0.5) is 5.69 Å². The number of aromatic carboxylic acids is 1. The fraction of sp³-hybridized carbons (Fsp3) is 0.0455. The van der Waals surface area contributed by atoms with Gasteiger partial charge >= 0.3 is 5.97 Å². The van der Waals surface area contributed by atoms with Crippen molar-refractivity contribution < 1.29 is 19.5 Å². The summed E-state index contributed by atoms with van der Waals surface area (Å²) in [6, 6.07) is 18.4. The van der Waals surface area contributed by atoms with E-state index in [1.165, 1.54) is 6.07 Å². The lowest BCUT2D eigenvalue weighted by Gasteiger charge is -2.13. The normalized spacial score (nSPS) is 13.0. The lowest BCUT2D eigenvalue weighted by atomic mass is 9.97. The van der Waals surface area contributed by atoms with Gasteiger partial charge < -0.3 is 5.11 Å². The smallest absolute Gasteiger partial charge is 0.336 e. The van der Waals surface area contributed by atoms with E-state index in [-0.39, 0.29) is 17.4 Å². The molecule has 0 saturated carbocycles. The number of carboxylic acids is 1. The fourth-order valence-electron chi connectivity index (χ4n) is 3.33. The Morgan fingerprint density at radius 1 is 0.893 bits per heavy atom. The SMILES string of the molecule is O=C(O)c1cc(Cl)ccc1Cc1ccc2c(c1)C(=O)N(c1ccccc1)C2=O. The van der Waals surface area contributed by atoms with Gasteiger partial charge in [-0.3, -0.25) is 9.59 Å². The first kappa shape index (κ1) is 17.9. The van der Waals surface area contributed by atoms with E-state index < -0.39 is 5.97 Å². The van der Waals surface area contributed by atoms with Crippen molar-refractivity contribution in [2.45, 2.75) is 6.42 Å². The van der Waals surface area contributed by atoms with Crippen LogP contribution in [0.25, 0.3) is 0 Å². The van der Waals surface area contributed by atoms with E-state index in [2.05, 4.69) is 0 Å². The van der Waals surface area contributed by atoms with Gasteiger partial charge in [-0.25, -0.2) is 9.69 Å². The molecule has 1 aliphatic rings. The van der Waals surface area contributed by atoms with Crippen LogP contribution in [-0.4, -0.2) is 22.9 Å². The molecule has 4 rings (SSSR count). The van der Waals surface area contributed by atoms with Crippen LogP contribution in [0.3, 0.4) is 0 Å². The minimum absolute atomic E-state index is 0.112. The predicted molar refractivity (Wildman–Crippen MR) is 105 cm³/mol. The zero-order valence-electron chi connectivity index (χ0n) is 14.6. The van der Waals surface area contributed by atoms with E-state index in [0.29, 0.717) is 33.8 Å². The lowest BCUT2D eigenvalue weighted by Crippen LogP contribution is -2.29. The van der Waals surface area contributed by atoms with Crippen LogP contribution >= 0.6 is 11.6 Å². The van der Waals surface area contributed by atoms with Crippen molar-refractivity contribution in [3.63, 3.8) is 0 Å². The van der Waals surface area contributed by atoms with E-state index in [0.717, 1.165) is 10.5 Å². The quantitative estimate of drug-likeness (QED) is 0.667. The number of hydrogen-bond donors (Lipinski definition) is 1. The van der Waals surface area contributed by atoms with Gasteiger partial charge in [0.25, 0.3) is 11.8 Å². The number of carboxylic acid groups (broad SMARTS) is 1. The molecule has 3 aromatic carbocycles. The molecule has 5 nitrogen and oxygen atoms in total. The number of amides is 2. The molecule has 3 aromatic rings. The van der Waals surface area contributed by atoms with Crippen molar-refractivity contribution in [2.24, 2.45) is 0 Å². The molecule has 0 fully saturated rings. The summed E-state index contributed by atoms with van der Waals surface area (Å²) in [5.41, 5.74) is 2.60. The van der Waals surface area contributed by atoms with Gasteiger partial charge in [-0.15, -0.1) is 0 Å². The fourth-order valence-corrected chi connectivity index (χ4v) is 3.50. The maximum atomic E-state index is 12.8. The monoisotopic (exact) mass is 391 g/mol. The zero-order chi connectivity index (χ0) is 19.8. The molecule has 0 bridgehead atoms. The van der Waals surface area contributed by atoms with Crippen molar-refractivity contribution in [1.29, 1.82) is 0 Å². The number of carbonyl (C=O) groups excluding carboxylic acids is 2. The first-order valence-electron chi connectivity index (χ1n) is 8.54. The first-order valence-corrected chi connectivity index (χ1v) is 8.92. The van der Waals surface area contributed by atoms with Gasteiger partial charge in [-0.05, 0) is 53.9 Å². The highest BCUT2D eigenvalue weighted by Gasteiger charge is 2.36. The van der Waals surface area contributed by atoms with Crippen LogP contribution in [0, 0.1) is 0 Å². The number of anilines is 1. The van der Waals surface area contributed by atoms with Gasteiger partial charge in [0.2, 0.25) is 0 Å². The molecule has 0 spiro atoms. The maximum Gasteiger partial charge on any atom is 0.336 e. The molecule has 0 saturated heterocycles. The number of imide groups is 1. The summed E-state index contributed by atoms with van der Waals surface area (Å²) < 4.78 is 0. The standard InChI is InChI=1S/C22H14ClNO4/c23-15-8-7-14(18(12-15)22(27)28)10-13-6-9-17-19(11-13)21(26)24(20(17)25)16-4-2-1-3-5-16/h1-9,11-12H,10H2,(H,27,28). The van der Waals surface area contributed by atoms with E-state index in [1.807, 2.05) is 6.07 Å². The molecule has 138 valence electrons. The van der Waals surface area contributed by atoms with Gasteiger partial charge in [-0.1, -0.05) is 41.9 Å². The third-order valence-corrected chi connectivity index (χ3v) is 4.90. The number of hydrogen-bond acceptors (Lipinski definition) is 3. The Hall–Kier alpha value is -3.44. The van der Waals surface area contributed by atoms with Gasteiger partial charge in [0, 0.05) is 5.02 Å². The lowest BCUT2D eigenvalue weighted by molar-refractivity contribution is 0.0695. The Morgan fingerprint density at radius 2 is 1.61 bits per heavy atom. The molecular formula is C22H14ClNO4. The Morgan fingerprint density at radius 3 is 2.32 bits per heavy atom. The maximum absolute atomic E-state index is 12.8. The Labute approximate surface area is 165 Å². The van der Waals surface area contributed by atoms with Crippen molar-refractivity contribution in [3.05, 3.63) is 99.6 Å². The van der Waals surface area contributed by atoms with E-state index in [1.54, 1.807) is 54.6 Å². The summed E-state index contributed by atoms with van der Waals surface area (Å²) in [7, 11) is 0. The topological polar surface area (TPSA) is 74.7 Å². The zero-order valence-corrected chi connectivity index (χ0v) is 15.3. The average molecular weight is 392 g/mol.